The Morgan fingerprint density at radius 3 is 2.03 bits per heavy atom. The fourth-order valence-corrected chi connectivity index (χ4v) is 15.7. The second kappa shape index (κ2) is 17.0. The van der Waals surface area contributed by atoms with Gasteiger partial charge in [0.25, 0.3) is 0 Å². The van der Waals surface area contributed by atoms with Crippen LogP contribution in [0.2, 0.25) is 0 Å². The van der Waals surface area contributed by atoms with E-state index in [-0.39, 0.29) is 52.1 Å². The van der Waals surface area contributed by atoms with E-state index in [2.05, 4.69) is 48.1 Å². The van der Waals surface area contributed by atoms with Crippen LogP contribution < -0.4 is 0 Å². The van der Waals surface area contributed by atoms with E-state index in [0.717, 1.165) is 56.9 Å². The number of aliphatic hydroxyl groups is 8. The van der Waals surface area contributed by atoms with E-state index in [4.69, 9.17) is 28.4 Å². The van der Waals surface area contributed by atoms with Crippen LogP contribution in [0.15, 0.2) is 12.2 Å². The number of aliphatic hydroxyl groups excluding tert-OH is 8. The van der Waals surface area contributed by atoms with Crippen LogP contribution in [-0.4, -0.2) is 157 Å². The van der Waals surface area contributed by atoms with Crippen molar-refractivity contribution in [2.45, 2.75) is 205 Å². The quantitative estimate of drug-likeness (QED) is 0.119. The second-order valence-electron chi connectivity index (χ2n) is 22.5. The predicted octanol–water partition coefficient (Wildman–Crippen LogP) is 2.23. The lowest BCUT2D eigenvalue weighted by atomic mass is 9.32. The maximum Gasteiger partial charge on any atom is 0.309 e. The summed E-state index contributed by atoms with van der Waals surface area (Å²) in [5, 5.41) is 96.4. The van der Waals surface area contributed by atoms with Gasteiger partial charge in [-0.15, -0.1) is 0 Å². The van der Waals surface area contributed by atoms with Gasteiger partial charge in [-0.05, 0) is 129 Å². The fraction of sp³-hybridized carbons (Fsp3) is 0.936. The molecule has 16 nitrogen and oxygen atoms in total. The van der Waals surface area contributed by atoms with Gasteiger partial charge in [0.2, 0.25) is 0 Å². The number of carboxylic acids is 1. The fourth-order valence-electron chi connectivity index (χ4n) is 15.7. The van der Waals surface area contributed by atoms with E-state index in [0.29, 0.717) is 24.7 Å². The Hall–Kier alpha value is -1.35. The van der Waals surface area contributed by atoms with Gasteiger partial charge in [0.15, 0.2) is 18.9 Å². The van der Waals surface area contributed by atoms with E-state index in [1.54, 1.807) is 0 Å². The molecule has 8 fully saturated rings. The number of ether oxygens (including phenoxy) is 6. The standard InChI is InChI=1S/C47H76O16/c1-21(2)23-11-16-47(42(56)57)18-17-45(7)24(30(23)47)9-10-28-44(6)14-13-29(43(4,5)27(44)12-15-46(28,45)8)61-41-38(32(51)25(49)20-58-41)63-40-36(55)37(31(50)22(3)59-40)62-39-35(54)34(53)33(52)26(19-48)60-39/h22-41,48-55H,1,9-20H2,2-8H3,(H,56,57)/t22-,23-,24+,25-,26+,27-,28+,29-,30+,31-,32-,33+,34-,35+,36+,37+,38+,39+,40+,41-,44-,45+,46+,47-/m0/s1. The molecule has 0 spiro atoms. The van der Waals surface area contributed by atoms with Gasteiger partial charge in [0, 0.05) is 0 Å². The Balaban J connectivity index is 0.989. The number of hydrogen-bond donors (Lipinski definition) is 9. The minimum absolute atomic E-state index is 0.0133. The van der Waals surface area contributed by atoms with Gasteiger partial charge >= 0.3 is 5.97 Å². The first-order valence-electron chi connectivity index (χ1n) is 23.6. The minimum Gasteiger partial charge on any atom is -0.481 e. The van der Waals surface area contributed by atoms with Crippen molar-refractivity contribution in [3.63, 3.8) is 0 Å². The molecule has 24 atom stereocenters. The highest BCUT2D eigenvalue weighted by molar-refractivity contribution is 5.76. The van der Waals surface area contributed by atoms with Gasteiger partial charge in [0.05, 0.1) is 30.8 Å². The van der Waals surface area contributed by atoms with Gasteiger partial charge in [-0.25, -0.2) is 0 Å². The molecule has 8 rings (SSSR count). The number of fused-ring (bicyclic) bond motifs is 7. The third-order valence-electron chi connectivity index (χ3n) is 19.4. The normalized spacial score (nSPS) is 55.5. The molecule has 16 heteroatoms. The average molecular weight is 897 g/mol. The third-order valence-corrected chi connectivity index (χ3v) is 19.4. The van der Waals surface area contributed by atoms with Crippen LogP contribution in [0, 0.1) is 56.7 Å². The summed E-state index contributed by atoms with van der Waals surface area (Å²) in [5.41, 5.74) is 0.0466. The summed E-state index contributed by atoms with van der Waals surface area (Å²) < 4.78 is 36.3. The Morgan fingerprint density at radius 1 is 0.683 bits per heavy atom. The third kappa shape index (κ3) is 7.33. The van der Waals surface area contributed by atoms with Crippen molar-refractivity contribution in [3.8, 4) is 0 Å². The number of rotatable bonds is 9. The monoisotopic (exact) mass is 897 g/mol. The van der Waals surface area contributed by atoms with Crippen LogP contribution in [0.25, 0.3) is 0 Å². The molecular weight excluding hydrogens is 821 g/mol. The summed E-state index contributed by atoms with van der Waals surface area (Å²) >= 11 is 0. The molecule has 0 unspecified atom stereocenters. The highest BCUT2D eigenvalue weighted by atomic mass is 16.8. The van der Waals surface area contributed by atoms with Crippen LogP contribution >= 0.6 is 0 Å². The average Bonchev–Trinajstić information content (AvgIpc) is 3.64. The maximum absolute atomic E-state index is 13.1. The zero-order chi connectivity index (χ0) is 45.9. The number of allylic oxidation sites excluding steroid dienone is 1. The van der Waals surface area contributed by atoms with Crippen LogP contribution in [0.5, 0.6) is 0 Å². The van der Waals surface area contributed by atoms with Crippen molar-refractivity contribution in [2.24, 2.45) is 56.7 Å². The smallest absolute Gasteiger partial charge is 0.309 e. The first kappa shape index (κ1) is 48.1. The second-order valence-corrected chi connectivity index (χ2v) is 22.5. The van der Waals surface area contributed by atoms with Crippen molar-refractivity contribution in [1.29, 1.82) is 0 Å². The molecule has 63 heavy (non-hydrogen) atoms. The van der Waals surface area contributed by atoms with Gasteiger partial charge in [0.1, 0.15) is 61.0 Å². The van der Waals surface area contributed by atoms with Crippen molar-refractivity contribution in [2.75, 3.05) is 13.2 Å². The first-order chi connectivity index (χ1) is 29.5. The molecular formula is C47H76O16. The van der Waals surface area contributed by atoms with Crippen molar-refractivity contribution in [3.05, 3.63) is 12.2 Å². The number of hydrogen-bond acceptors (Lipinski definition) is 15. The SMILES string of the molecule is C=C(C)[C@@H]1CC[C@]2(C(=O)O)CC[C@]3(C)[C@H](CC[C@@H]4[C@@]5(C)CC[C@H](O[C@@H]6OC[C@H](O)[C@H](O)[C@H]6O[C@H]6O[C@@H](C)[C@H](O)[C@@H](O[C@H]7O[C@H](CO)[C@@H](O)[C@H](O)[C@H]7O)[C@H]6O)C(C)(C)[C@@H]5CC[C@]43C)[C@@H]12. The van der Waals surface area contributed by atoms with E-state index in [1.165, 1.54) is 6.92 Å². The zero-order valence-corrected chi connectivity index (χ0v) is 38.1. The molecule has 0 radical (unpaired) electrons. The Kier molecular flexibility index (Phi) is 13.0. The molecule has 0 aromatic heterocycles. The van der Waals surface area contributed by atoms with E-state index in [1.807, 2.05) is 0 Å². The number of carbonyl (C=O) groups is 1. The number of carboxylic acid groups (broad SMARTS) is 1. The van der Waals surface area contributed by atoms with E-state index < -0.39 is 104 Å². The van der Waals surface area contributed by atoms with E-state index in [9.17, 15) is 50.8 Å². The molecule has 360 valence electrons. The van der Waals surface area contributed by atoms with Gasteiger partial charge in [-0.1, -0.05) is 46.8 Å². The Bertz CT molecular complexity index is 1700. The number of aliphatic carboxylic acids is 1. The minimum atomic E-state index is -1.80. The van der Waals surface area contributed by atoms with Crippen LogP contribution in [-0.2, 0) is 33.2 Å². The highest BCUT2D eigenvalue weighted by Gasteiger charge is 2.72. The molecule has 3 heterocycles. The molecule has 5 aliphatic carbocycles. The summed E-state index contributed by atoms with van der Waals surface area (Å²) in [6.07, 6.45) is -12.4. The van der Waals surface area contributed by atoms with Gasteiger partial charge < -0.3 is 74.4 Å². The largest absolute Gasteiger partial charge is 0.481 e. The lowest BCUT2D eigenvalue weighted by Crippen LogP contribution is -2.67. The topological polar surface area (TPSA) is 255 Å². The molecule has 0 aromatic carbocycles. The summed E-state index contributed by atoms with van der Waals surface area (Å²) in [6, 6.07) is 0. The molecule has 5 saturated carbocycles. The van der Waals surface area contributed by atoms with Crippen molar-refractivity contribution in [1.82, 2.24) is 0 Å². The summed E-state index contributed by atoms with van der Waals surface area (Å²) in [5.74, 6) is 0.709. The Morgan fingerprint density at radius 2 is 1.37 bits per heavy atom. The van der Waals surface area contributed by atoms with Crippen molar-refractivity contribution < 1.29 is 79.2 Å². The lowest BCUT2D eigenvalue weighted by Gasteiger charge is -2.73. The van der Waals surface area contributed by atoms with Gasteiger partial charge in [-0.3, -0.25) is 4.79 Å². The van der Waals surface area contributed by atoms with Crippen molar-refractivity contribution >= 4 is 5.97 Å². The summed E-state index contributed by atoms with van der Waals surface area (Å²) in [4.78, 5) is 13.1. The Labute approximate surface area is 371 Å². The van der Waals surface area contributed by atoms with Crippen LogP contribution in [0.1, 0.15) is 113 Å². The molecule has 0 aromatic rings. The molecule has 8 aliphatic rings. The molecule has 0 amide bonds. The van der Waals surface area contributed by atoms with Crippen LogP contribution in [0.3, 0.4) is 0 Å². The molecule has 9 N–H and O–H groups in total. The van der Waals surface area contributed by atoms with Gasteiger partial charge in [-0.2, -0.15) is 0 Å². The molecule has 3 saturated heterocycles. The lowest BCUT2D eigenvalue weighted by molar-refractivity contribution is -0.382. The highest BCUT2D eigenvalue weighted by Crippen LogP contribution is 2.77. The molecule has 3 aliphatic heterocycles. The zero-order valence-electron chi connectivity index (χ0n) is 38.1. The molecule has 0 bridgehead atoms. The van der Waals surface area contributed by atoms with E-state index >= 15 is 0 Å². The van der Waals surface area contributed by atoms with Crippen LogP contribution in [0.4, 0.5) is 0 Å². The predicted molar refractivity (Wildman–Crippen MR) is 223 cm³/mol. The first-order valence-corrected chi connectivity index (χ1v) is 23.6. The summed E-state index contributed by atoms with van der Waals surface area (Å²) in [7, 11) is 0. The summed E-state index contributed by atoms with van der Waals surface area (Å²) in [6.45, 7) is 19.0. The maximum atomic E-state index is 13.1.